The van der Waals surface area contributed by atoms with Crippen LogP contribution in [0.3, 0.4) is 0 Å². The number of rotatable bonds is 1. The van der Waals surface area contributed by atoms with Crippen LogP contribution in [0.5, 0.6) is 5.75 Å². The van der Waals surface area contributed by atoms with Gasteiger partial charge in [-0.25, -0.2) is 4.39 Å². The summed E-state index contributed by atoms with van der Waals surface area (Å²) in [5.74, 6) is 0.421. The minimum absolute atomic E-state index is 0.206. The molecule has 0 radical (unpaired) electrons. The molecule has 4 heteroatoms. The smallest absolute Gasteiger partial charge is 0.130 e. The first-order chi connectivity index (χ1) is 9.54. The fourth-order valence-electron chi connectivity index (χ4n) is 2.58. The molecule has 0 aromatic heterocycles. The lowest BCUT2D eigenvalue weighted by atomic mass is 9.93. The van der Waals surface area contributed by atoms with Gasteiger partial charge in [0, 0.05) is 28.6 Å². The molecule has 0 saturated heterocycles. The highest BCUT2D eigenvalue weighted by molar-refractivity contribution is 6.30. The van der Waals surface area contributed by atoms with Gasteiger partial charge in [-0.15, -0.1) is 0 Å². The maximum absolute atomic E-state index is 14.0. The molecule has 104 valence electrons. The molecular weight excluding hydrogens is 277 g/mol. The number of ether oxygens (including phenoxy) is 1. The van der Waals surface area contributed by atoms with E-state index in [1.165, 1.54) is 6.07 Å². The highest BCUT2D eigenvalue weighted by Gasteiger charge is 2.29. The number of hydrogen-bond acceptors (Lipinski definition) is 2. The summed E-state index contributed by atoms with van der Waals surface area (Å²) in [4.78, 5) is 0. The fourth-order valence-corrected chi connectivity index (χ4v) is 2.76. The van der Waals surface area contributed by atoms with E-state index in [-0.39, 0.29) is 18.0 Å². The topological polar surface area (TPSA) is 35.2 Å². The zero-order chi connectivity index (χ0) is 14.3. The Hall–Kier alpha value is -1.58. The highest BCUT2D eigenvalue weighted by atomic mass is 35.5. The zero-order valence-corrected chi connectivity index (χ0v) is 11.8. The molecule has 20 heavy (non-hydrogen) atoms. The van der Waals surface area contributed by atoms with E-state index in [0.29, 0.717) is 22.8 Å². The molecule has 1 heterocycles. The van der Waals surface area contributed by atoms with E-state index in [4.69, 9.17) is 22.1 Å². The van der Waals surface area contributed by atoms with Crippen molar-refractivity contribution < 1.29 is 9.13 Å². The van der Waals surface area contributed by atoms with Crippen molar-refractivity contribution in [2.75, 3.05) is 0 Å². The van der Waals surface area contributed by atoms with E-state index in [9.17, 15) is 4.39 Å². The summed E-state index contributed by atoms with van der Waals surface area (Å²) in [5, 5.41) is 0.628. The van der Waals surface area contributed by atoms with E-state index in [2.05, 4.69) is 0 Å². The summed E-state index contributed by atoms with van der Waals surface area (Å²) >= 11 is 5.97. The molecule has 0 amide bonds. The summed E-state index contributed by atoms with van der Waals surface area (Å²) in [6.07, 6.45) is 0.173. The number of nitrogens with two attached hydrogens (primary N) is 1. The molecule has 3 rings (SSSR count). The lowest BCUT2D eigenvalue weighted by Crippen LogP contribution is -2.24. The van der Waals surface area contributed by atoms with Crippen molar-refractivity contribution in [2.45, 2.75) is 25.5 Å². The number of aryl methyl sites for hydroxylation is 1. The summed E-state index contributed by atoms with van der Waals surface area (Å²) in [7, 11) is 0. The average molecular weight is 292 g/mol. The zero-order valence-electron chi connectivity index (χ0n) is 11.1. The number of hydrogen-bond donors (Lipinski definition) is 1. The van der Waals surface area contributed by atoms with Gasteiger partial charge in [0.1, 0.15) is 17.7 Å². The third kappa shape index (κ3) is 2.39. The largest absolute Gasteiger partial charge is 0.485 e. The van der Waals surface area contributed by atoms with Crippen LogP contribution < -0.4 is 10.5 Å². The lowest BCUT2D eigenvalue weighted by molar-refractivity contribution is 0.157. The minimum Gasteiger partial charge on any atom is -0.485 e. The minimum atomic E-state index is -0.362. The maximum atomic E-state index is 14.0. The van der Waals surface area contributed by atoms with Crippen LogP contribution in [0.1, 0.15) is 35.3 Å². The second-order valence-electron chi connectivity index (χ2n) is 5.16. The van der Waals surface area contributed by atoms with Crippen molar-refractivity contribution in [1.82, 2.24) is 0 Å². The van der Waals surface area contributed by atoms with Crippen LogP contribution in [0.4, 0.5) is 4.39 Å². The van der Waals surface area contributed by atoms with E-state index in [1.54, 1.807) is 18.2 Å². The molecule has 0 fully saturated rings. The Labute approximate surface area is 122 Å². The Balaban J connectivity index is 1.99. The molecule has 0 spiro atoms. The van der Waals surface area contributed by atoms with Gasteiger partial charge < -0.3 is 10.5 Å². The Morgan fingerprint density at radius 1 is 1.20 bits per heavy atom. The van der Waals surface area contributed by atoms with Crippen LogP contribution in [0, 0.1) is 12.7 Å². The van der Waals surface area contributed by atoms with Gasteiger partial charge in [-0.3, -0.25) is 0 Å². The lowest BCUT2D eigenvalue weighted by Gasteiger charge is -2.31. The van der Waals surface area contributed by atoms with Crippen LogP contribution in [-0.2, 0) is 0 Å². The SMILES string of the molecule is Cc1ccc(F)c(C2CC(N)c3cc(Cl)ccc3O2)c1. The molecule has 2 atom stereocenters. The molecule has 2 aromatic carbocycles. The molecule has 2 aromatic rings. The van der Waals surface area contributed by atoms with Gasteiger partial charge in [0.25, 0.3) is 0 Å². The molecular formula is C16H15ClFNO. The Morgan fingerprint density at radius 3 is 2.80 bits per heavy atom. The van der Waals surface area contributed by atoms with Crippen molar-refractivity contribution in [1.29, 1.82) is 0 Å². The fraction of sp³-hybridized carbons (Fsp3) is 0.250. The van der Waals surface area contributed by atoms with Crippen LogP contribution in [0.25, 0.3) is 0 Å². The Bertz CT molecular complexity index is 659. The molecule has 0 aliphatic carbocycles. The molecule has 2 N–H and O–H groups in total. The van der Waals surface area contributed by atoms with E-state index in [1.807, 2.05) is 19.1 Å². The van der Waals surface area contributed by atoms with Gasteiger partial charge in [-0.2, -0.15) is 0 Å². The molecule has 2 nitrogen and oxygen atoms in total. The molecule has 1 aliphatic heterocycles. The first kappa shape index (κ1) is 13.4. The standard InChI is InChI=1S/C16H15ClFNO/c1-9-2-4-13(18)11(6-9)16-8-14(19)12-7-10(17)3-5-15(12)20-16/h2-7,14,16H,8,19H2,1H3. The molecule has 0 bridgehead atoms. The predicted octanol–water partition coefficient (Wildman–Crippen LogP) is 4.31. The van der Waals surface area contributed by atoms with Crippen molar-refractivity contribution in [3.05, 3.63) is 63.9 Å². The van der Waals surface area contributed by atoms with Gasteiger partial charge in [0.05, 0.1) is 0 Å². The molecule has 1 aliphatic rings. The van der Waals surface area contributed by atoms with Crippen molar-refractivity contribution in [3.63, 3.8) is 0 Å². The van der Waals surface area contributed by atoms with Crippen molar-refractivity contribution >= 4 is 11.6 Å². The number of fused-ring (bicyclic) bond motifs is 1. The van der Waals surface area contributed by atoms with Gasteiger partial charge in [-0.1, -0.05) is 23.2 Å². The van der Waals surface area contributed by atoms with Gasteiger partial charge >= 0.3 is 0 Å². The molecule has 2 unspecified atom stereocenters. The van der Waals surface area contributed by atoms with Crippen LogP contribution in [0.2, 0.25) is 5.02 Å². The first-order valence-electron chi connectivity index (χ1n) is 6.52. The van der Waals surface area contributed by atoms with Gasteiger partial charge in [0.15, 0.2) is 0 Å². The van der Waals surface area contributed by atoms with E-state index in [0.717, 1.165) is 11.1 Å². The van der Waals surface area contributed by atoms with Gasteiger partial charge in [-0.05, 0) is 37.3 Å². The van der Waals surface area contributed by atoms with Crippen LogP contribution in [0.15, 0.2) is 36.4 Å². The quantitative estimate of drug-likeness (QED) is 0.849. The predicted molar refractivity (Wildman–Crippen MR) is 77.5 cm³/mol. The second-order valence-corrected chi connectivity index (χ2v) is 5.59. The summed E-state index contributed by atoms with van der Waals surface area (Å²) in [6.45, 7) is 1.93. The average Bonchev–Trinajstić information content (AvgIpc) is 2.42. The van der Waals surface area contributed by atoms with Crippen molar-refractivity contribution in [3.8, 4) is 5.75 Å². The first-order valence-corrected chi connectivity index (χ1v) is 6.90. The van der Waals surface area contributed by atoms with E-state index >= 15 is 0 Å². The highest BCUT2D eigenvalue weighted by Crippen LogP contribution is 2.41. The second kappa shape index (κ2) is 5.08. The van der Waals surface area contributed by atoms with Crippen molar-refractivity contribution in [2.24, 2.45) is 5.73 Å². The third-order valence-corrected chi connectivity index (χ3v) is 3.84. The summed E-state index contributed by atoms with van der Waals surface area (Å²) in [5.41, 5.74) is 8.60. The van der Waals surface area contributed by atoms with Crippen LogP contribution >= 0.6 is 11.6 Å². The third-order valence-electron chi connectivity index (χ3n) is 3.61. The monoisotopic (exact) mass is 291 g/mol. The van der Waals surface area contributed by atoms with Crippen LogP contribution in [-0.4, -0.2) is 0 Å². The Kier molecular flexibility index (Phi) is 3.40. The van der Waals surface area contributed by atoms with Gasteiger partial charge in [0.2, 0.25) is 0 Å². The van der Waals surface area contributed by atoms with E-state index < -0.39 is 0 Å². The summed E-state index contributed by atoms with van der Waals surface area (Å²) < 4.78 is 19.9. The number of halogens is 2. The number of benzene rings is 2. The molecule has 0 saturated carbocycles. The summed E-state index contributed by atoms with van der Waals surface area (Å²) in [6, 6.07) is 10.2. The maximum Gasteiger partial charge on any atom is 0.130 e. The normalized spacial score (nSPS) is 21.2. The Morgan fingerprint density at radius 2 is 2.00 bits per heavy atom.